The van der Waals surface area contributed by atoms with E-state index in [0.717, 1.165) is 31.9 Å². The highest BCUT2D eigenvalue weighted by Gasteiger charge is 2.19. The first-order valence-electron chi connectivity index (χ1n) is 7.92. The first kappa shape index (κ1) is 16.3. The van der Waals surface area contributed by atoms with Crippen molar-refractivity contribution in [2.24, 2.45) is 0 Å². The number of benzene rings is 2. The van der Waals surface area contributed by atoms with Gasteiger partial charge in [0.1, 0.15) is 11.6 Å². The van der Waals surface area contributed by atoms with Gasteiger partial charge in [0.25, 0.3) is 0 Å². The summed E-state index contributed by atoms with van der Waals surface area (Å²) in [6.07, 6.45) is 0. The van der Waals surface area contributed by atoms with Crippen molar-refractivity contribution in [3.8, 4) is 5.75 Å². The molecule has 2 aromatic carbocycles. The highest BCUT2D eigenvalue weighted by Crippen LogP contribution is 2.19. The Balaban J connectivity index is 1.48. The second-order valence-electron chi connectivity index (χ2n) is 5.84. The molecule has 6 heteroatoms. The fraction of sp³-hybridized carbons (Fsp3) is 0.278. The fourth-order valence-electron chi connectivity index (χ4n) is 2.80. The maximum absolute atomic E-state index is 13.1. The van der Waals surface area contributed by atoms with E-state index < -0.39 is 0 Å². The standard InChI is InChI=1S/C18H20FN3O2/c19-14-2-1-3-15(12-14)20-18(24)13-21-8-10-22(11-9-21)16-4-6-17(23)7-5-16/h1-7,12,23H,8-11,13H2,(H,20,24). The molecule has 0 bridgehead atoms. The van der Waals surface area contributed by atoms with Crippen LogP contribution in [0, 0.1) is 5.82 Å². The lowest BCUT2D eigenvalue weighted by Gasteiger charge is -2.35. The van der Waals surface area contributed by atoms with E-state index in [1.54, 1.807) is 24.3 Å². The zero-order valence-electron chi connectivity index (χ0n) is 13.3. The summed E-state index contributed by atoms with van der Waals surface area (Å²) >= 11 is 0. The van der Waals surface area contributed by atoms with Crippen molar-refractivity contribution in [3.05, 3.63) is 54.3 Å². The molecule has 126 valence electrons. The number of rotatable bonds is 4. The second-order valence-corrected chi connectivity index (χ2v) is 5.84. The van der Waals surface area contributed by atoms with E-state index >= 15 is 0 Å². The summed E-state index contributed by atoms with van der Waals surface area (Å²) in [5, 5.41) is 12.1. The number of phenolic OH excluding ortho intramolecular Hbond substituents is 1. The molecule has 2 N–H and O–H groups in total. The van der Waals surface area contributed by atoms with Gasteiger partial charge in [-0.3, -0.25) is 9.69 Å². The Morgan fingerprint density at radius 1 is 1.08 bits per heavy atom. The van der Waals surface area contributed by atoms with Gasteiger partial charge in [-0.25, -0.2) is 4.39 Å². The number of amides is 1. The molecule has 0 aromatic heterocycles. The maximum Gasteiger partial charge on any atom is 0.238 e. The summed E-state index contributed by atoms with van der Waals surface area (Å²) in [5.74, 6) is -0.250. The number of hydrogen-bond acceptors (Lipinski definition) is 4. The summed E-state index contributed by atoms with van der Waals surface area (Å²) < 4.78 is 13.1. The number of hydrogen-bond donors (Lipinski definition) is 2. The van der Waals surface area contributed by atoms with Gasteiger partial charge in [0.05, 0.1) is 6.54 Å². The number of anilines is 2. The number of nitrogens with zero attached hydrogens (tertiary/aromatic N) is 2. The first-order chi connectivity index (χ1) is 11.6. The SMILES string of the molecule is O=C(CN1CCN(c2ccc(O)cc2)CC1)Nc1cccc(F)c1. The van der Waals surface area contributed by atoms with Gasteiger partial charge in [0.15, 0.2) is 0 Å². The Bertz CT molecular complexity index is 698. The average molecular weight is 329 g/mol. The molecule has 0 atom stereocenters. The molecule has 24 heavy (non-hydrogen) atoms. The summed E-state index contributed by atoms with van der Waals surface area (Å²) in [6.45, 7) is 3.48. The monoisotopic (exact) mass is 329 g/mol. The van der Waals surface area contributed by atoms with E-state index in [0.29, 0.717) is 12.2 Å². The van der Waals surface area contributed by atoms with Crippen LogP contribution in [0.1, 0.15) is 0 Å². The van der Waals surface area contributed by atoms with Crippen LogP contribution in [-0.2, 0) is 4.79 Å². The van der Waals surface area contributed by atoms with Crippen LogP contribution in [0.25, 0.3) is 0 Å². The Morgan fingerprint density at radius 2 is 1.79 bits per heavy atom. The predicted molar refractivity (Wildman–Crippen MR) is 91.8 cm³/mol. The van der Waals surface area contributed by atoms with E-state index in [1.165, 1.54) is 12.1 Å². The topological polar surface area (TPSA) is 55.8 Å². The molecule has 0 unspecified atom stereocenters. The van der Waals surface area contributed by atoms with Gasteiger partial charge in [-0.15, -0.1) is 0 Å². The summed E-state index contributed by atoms with van der Waals surface area (Å²) in [6, 6.07) is 13.0. The molecule has 1 fully saturated rings. The van der Waals surface area contributed by atoms with Crippen molar-refractivity contribution >= 4 is 17.3 Å². The Kier molecular flexibility index (Phi) is 4.96. The molecule has 2 aromatic rings. The van der Waals surface area contributed by atoms with Gasteiger partial charge in [-0.2, -0.15) is 0 Å². The fourth-order valence-corrected chi connectivity index (χ4v) is 2.80. The summed E-state index contributed by atoms with van der Waals surface area (Å²) in [4.78, 5) is 16.4. The van der Waals surface area contributed by atoms with E-state index in [2.05, 4.69) is 15.1 Å². The highest BCUT2D eigenvalue weighted by atomic mass is 19.1. The van der Waals surface area contributed by atoms with Crippen LogP contribution in [0.4, 0.5) is 15.8 Å². The van der Waals surface area contributed by atoms with Gasteiger partial charge >= 0.3 is 0 Å². The van der Waals surface area contributed by atoms with E-state index in [9.17, 15) is 14.3 Å². The lowest BCUT2D eigenvalue weighted by atomic mass is 10.2. The lowest BCUT2D eigenvalue weighted by Crippen LogP contribution is -2.48. The van der Waals surface area contributed by atoms with Crippen molar-refractivity contribution in [1.29, 1.82) is 0 Å². The van der Waals surface area contributed by atoms with Crippen LogP contribution < -0.4 is 10.2 Å². The molecule has 0 radical (unpaired) electrons. The smallest absolute Gasteiger partial charge is 0.238 e. The minimum absolute atomic E-state index is 0.140. The molecule has 1 aliphatic heterocycles. The molecule has 1 amide bonds. The lowest BCUT2D eigenvalue weighted by molar-refractivity contribution is -0.117. The van der Waals surface area contributed by atoms with Crippen LogP contribution >= 0.6 is 0 Å². The van der Waals surface area contributed by atoms with Gasteiger partial charge in [0.2, 0.25) is 5.91 Å². The molecule has 0 aliphatic carbocycles. The zero-order chi connectivity index (χ0) is 16.9. The largest absolute Gasteiger partial charge is 0.508 e. The maximum atomic E-state index is 13.1. The Labute approximate surface area is 140 Å². The molecular weight excluding hydrogens is 309 g/mol. The van der Waals surface area contributed by atoms with E-state index in [4.69, 9.17) is 0 Å². The molecule has 1 aliphatic rings. The van der Waals surface area contributed by atoms with E-state index in [1.807, 2.05) is 12.1 Å². The molecule has 5 nitrogen and oxygen atoms in total. The quantitative estimate of drug-likeness (QED) is 0.904. The molecule has 1 heterocycles. The third-order valence-corrected chi connectivity index (χ3v) is 4.06. The summed E-state index contributed by atoms with van der Waals surface area (Å²) in [7, 11) is 0. The summed E-state index contributed by atoms with van der Waals surface area (Å²) in [5.41, 5.74) is 1.54. The van der Waals surface area contributed by atoms with Crippen LogP contribution in [0.3, 0.4) is 0 Å². The minimum atomic E-state index is -0.365. The number of nitrogens with one attached hydrogen (secondary N) is 1. The number of carbonyl (C=O) groups excluding carboxylic acids is 1. The molecule has 0 saturated carbocycles. The highest BCUT2D eigenvalue weighted by molar-refractivity contribution is 5.92. The Hall–Kier alpha value is -2.60. The minimum Gasteiger partial charge on any atom is -0.508 e. The number of carbonyl (C=O) groups is 1. The van der Waals surface area contributed by atoms with Gasteiger partial charge < -0.3 is 15.3 Å². The van der Waals surface area contributed by atoms with Crippen molar-refractivity contribution in [2.45, 2.75) is 0 Å². The Morgan fingerprint density at radius 3 is 2.46 bits per heavy atom. The van der Waals surface area contributed by atoms with Gasteiger partial charge in [-0.05, 0) is 42.5 Å². The van der Waals surface area contributed by atoms with Gasteiger partial charge in [-0.1, -0.05) is 6.07 Å². The number of aromatic hydroxyl groups is 1. The molecule has 1 saturated heterocycles. The number of halogens is 1. The third-order valence-electron chi connectivity index (χ3n) is 4.06. The van der Waals surface area contributed by atoms with Gasteiger partial charge in [0, 0.05) is 37.6 Å². The van der Waals surface area contributed by atoms with Crippen LogP contribution in [0.2, 0.25) is 0 Å². The van der Waals surface area contributed by atoms with E-state index in [-0.39, 0.29) is 17.5 Å². The number of phenols is 1. The van der Waals surface area contributed by atoms with Crippen LogP contribution in [0.15, 0.2) is 48.5 Å². The average Bonchev–Trinajstić information content (AvgIpc) is 2.56. The number of piperazine rings is 1. The third kappa shape index (κ3) is 4.23. The first-order valence-corrected chi connectivity index (χ1v) is 7.92. The van der Waals surface area contributed by atoms with Crippen LogP contribution in [0.5, 0.6) is 5.75 Å². The second kappa shape index (κ2) is 7.31. The van der Waals surface area contributed by atoms with Crippen molar-refractivity contribution in [2.75, 3.05) is 42.9 Å². The van der Waals surface area contributed by atoms with Crippen LogP contribution in [-0.4, -0.2) is 48.6 Å². The molecular formula is C18H20FN3O2. The zero-order valence-corrected chi connectivity index (χ0v) is 13.3. The molecule has 3 rings (SSSR count). The van der Waals surface area contributed by atoms with Crippen molar-refractivity contribution in [1.82, 2.24) is 4.90 Å². The normalized spacial score (nSPS) is 15.3. The molecule has 0 spiro atoms. The van der Waals surface area contributed by atoms with Crippen molar-refractivity contribution in [3.63, 3.8) is 0 Å². The van der Waals surface area contributed by atoms with Crippen molar-refractivity contribution < 1.29 is 14.3 Å². The predicted octanol–water partition coefficient (Wildman–Crippen LogP) is 2.29.